The van der Waals surface area contributed by atoms with Crippen molar-refractivity contribution in [3.63, 3.8) is 0 Å². The van der Waals surface area contributed by atoms with E-state index in [0.29, 0.717) is 5.56 Å². The van der Waals surface area contributed by atoms with Gasteiger partial charge in [-0.05, 0) is 31.9 Å². The van der Waals surface area contributed by atoms with E-state index in [1.54, 1.807) is 17.4 Å². The SMILES string of the molecule is CCC[C@@H](NC(=O)COC(=O)c1cc(C)sc1C)c1ccccc1. The molecule has 2 aromatic rings. The van der Waals surface area contributed by atoms with Crippen LogP contribution in [0, 0.1) is 13.8 Å². The van der Waals surface area contributed by atoms with Crippen LogP contribution in [-0.4, -0.2) is 18.5 Å². The normalized spacial score (nSPS) is 11.8. The van der Waals surface area contributed by atoms with Crippen molar-refractivity contribution in [2.24, 2.45) is 0 Å². The number of esters is 1. The number of carbonyl (C=O) groups excluding carboxylic acids is 2. The van der Waals surface area contributed by atoms with Gasteiger partial charge in [-0.2, -0.15) is 0 Å². The number of rotatable bonds is 7. The number of benzene rings is 1. The summed E-state index contributed by atoms with van der Waals surface area (Å²) in [5.74, 6) is -0.728. The smallest absolute Gasteiger partial charge is 0.339 e. The van der Waals surface area contributed by atoms with E-state index in [9.17, 15) is 9.59 Å². The lowest BCUT2D eigenvalue weighted by Gasteiger charge is -2.18. The Kier molecular flexibility index (Phi) is 6.55. The van der Waals surface area contributed by atoms with Gasteiger partial charge in [0.15, 0.2) is 6.61 Å². The first-order valence-electron chi connectivity index (χ1n) is 8.09. The van der Waals surface area contributed by atoms with Crippen LogP contribution in [0.25, 0.3) is 0 Å². The summed E-state index contributed by atoms with van der Waals surface area (Å²) in [6.45, 7) is 5.63. The van der Waals surface area contributed by atoms with Crippen LogP contribution in [0.2, 0.25) is 0 Å². The minimum Gasteiger partial charge on any atom is -0.452 e. The molecule has 5 heteroatoms. The molecule has 1 heterocycles. The fraction of sp³-hybridized carbons (Fsp3) is 0.368. The van der Waals surface area contributed by atoms with Crippen molar-refractivity contribution in [3.05, 3.63) is 57.3 Å². The fourth-order valence-electron chi connectivity index (χ4n) is 2.57. The molecular formula is C19H23NO3S. The van der Waals surface area contributed by atoms with E-state index < -0.39 is 5.97 Å². The first kappa shape index (κ1) is 18.2. The lowest BCUT2D eigenvalue weighted by Crippen LogP contribution is -2.32. The first-order valence-corrected chi connectivity index (χ1v) is 8.91. The number of carbonyl (C=O) groups is 2. The molecule has 0 spiro atoms. The molecule has 1 atom stereocenters. The molecule has 0 aliphatic carbocycles. The summed E-state index contributed by atoms with van der Waals surface area (Å²) < 4.78 is 5.15. The standard InChI is InChI=1S/C19H23NO3S/c1-4-8-17(15-9-6-5-7-10-15)20-18(21)12-23-19(22)16-11-13(2)24-14(16)3/h5-7,9-11,17H,4,8,12H2,1-3H3,(H,20,21)/t17-/m1/s1. The predicted molar refractivity (Wildman–Crippen MR) is 96.3 cm³/mol. The molecular weight excluding hydrogens is 322 g/mol. The molecule has 0 bridgehead atoms. The Labute approximate surface area is 146 Å². The highest BCUT2D eigenvalue weighted by Crippen LogP contribution is 2.21. The van der Waals surface area contributed by atoms with Crippen molar-refractivity contribution in [2.75, 3.05) is 6.61 Å². The van der Waals surface area contributed by atoms with E-state index in [4.69, 9.17) is 4.74 Å². The summed E-state index contributed by atoms with van der Waals surface area (Å²) in [5.41, 5.74) is 1.60. The van der Waals surface area contributed by atoms with Crippen molar-refractivity contribution in [3.8, 4) is 0 Å². The van der Waals surface area contributed by atoms with Gasteiger partial charge in [-0.3, -0.25) is 4.79 Å². The zero-order chi connectivity index (χ0) is 17.5. The number of aryl methyl sites for hydroxylation is 2. The average Bonchev–Trinajstić information content (AvgIpc) is 2.91. The van der Waals surface area contributed by atoms with E-state index >= 15 is 0 Å². The van der Waals surface area contributed by atoms with Crippen LogP contribution in [0.1, 0.15) is 51.5 Å². The summed E-state index contributed by atoms with van der Waals surface area (Å²) in [6.07, 6.45) is 1.79. The number of ether oxygens (including phenoxy) is 1. The maximum absolute atomic E-state index is 12.1. The van der Waals surface area contributed by atoms with Crippen LogP contribution in [0.5, 0.6) is 0 Å². The molecule has 0 unspecified atom stereocenters. The molecule has 1 aromatic heterocycles. The molecule has 1 N–H and O–H groups in total. The van der Waals surface area contributed by atoms with E-state index in [2.05, 4.69) is 12.2 Å². The van der Waals surface area contributed by atoms with Gasteiger partial charge in [0, 0.05) is 9.75 Å². The number of hydrogen-bond acceptors (Lipinski definition) is 4. The quantitative estimate of drug-likeness (QED) is 0.766. The maximum atomic E-state index is 12.1. The van der Waals surface area contributed by atoms with Gasteiger partial charge in [-0.15, -0.1) is 11.3 Å². The summed E-state index contributed by atoms with van der Waals surface area (Å²) in [7, 11) is 0. The van der Waals surface area contributed by atoms with E-state index in [1.165, 1.54) is 0 Å². The Hall–Kier alpha value is -2.14. The predicted octanol–water partition coefficient (Wildman–Crippen LogP) is 4.18. The second-order valence-electron chi connectivity index (χ2n) is 5.72. The van der Waals surface area contributed by atoms with Gasteiger partial charge < -0.3 is 10.1 Å². The topological polar surface area (TPSA) is 55.4 Å². The van der Waals surface area contributed by atoms with Crippen molar-refractivity contribution >= 4 is 23.2 Å². The van der Waals surface area contributed by atoms with Gasteiger partial charge in [-0.1, -0.05) is 43.7 Å². The van der Waals surface area contributed by atoms with Gasteiger partial charge in [0.25, 0.3) is 5.91 Å². The van der Waals surface area contributed by atoms with Crippen LogP contribution in [0.3, 0.4) is 0 Å². The minimum absolute atomic E-state index is 0.0625. The lowest BCUT2D eigenvalue weighted by molar-refractivity contribution is -0.125. The third-order valence-corrected chi connectivity index (χ3v) is 4.68. The van der Waals surface area contributed by atoms with Crippen LogP contribution in [0.15, 0.2) is 36.4 Å². The molecule has 2 rings (SSSR count). The average molecular weight is 345 g/mol. The number of thiophene rings is 1. The zero-order valence-corrected chi connectivity index (χ0v) is 15.1. The Balaban J connectivity index is 1.91. The van der Waals surface area contributed by atoms with E-state index in [0.717, 1.165) is 28.2 Å². The van der Waals surface area contributed by atoms with Crippen LogP contribution in [-0.2, 0) is 9.53 Å². The van der Waals surface area contributed by atoms with Crippen molar-refractivity contribution < 1.29 is 14.3 Å². The third-order valence-electron chi connectivity index (χ3n) is 3.71. The summed E-state index contributed by atoms with van der Waals surface area (Å²) in [4.78, 5) is 26.2. The van der Waals surface area contributed by atoms with Crippen LogP contribution >= 0.6 is 11.3 Å². The van der Waals surface area contributed by atoms with Gasteiger partial charge in [0.05, 0.1) is 11.6 Å². The highest BCUT2D eigenvalue weighted by atomic mass is 32.1. The van der Waals surface area contributed by atoms with Crippen LogP contribution < -0.4 is 5.32 Å². The number of amides is 1. The number of hydrogen-bond donors (Lipinski definition) is 1. The first-order chi connectivity index (χ1) is 11.5. The molecule has 128 valence electrons. The monoisotopic (exact) mass is 345 g/mol. The van der Waals surface area contributed by atoms with Gasteiger partial charge in [0.1, 0.15) is 0 Å². The Morgan fingerprint density at radius 2 is 1.92 bits per heavy atom. The Morgan fingerprint density at radius 3 is 2.50 bits per heavy atom. The molecule has 24 heavy (non-hydrogen) atoms. The fourth-order valence-corrected chi connectivity index (χ4v) is 3.49. The minimum atomic E-state index is -0.446. The van der Waals surface area contributed by atoms with Gasteiger partial charge in [-0.25, -0.2) is 4.79 Å². The molecule has 0 radical (unpaired) electrons. The lowest BCUT2D eigenvalue weighted by atomic mass is 10.0. The van der Waals surface area contributed by atoms with Crippen molar-refractivity contribution in [1.29, 1.82) is 0 Å². The summed E-state index contributed by atoms with van der Waals surface area (Å²) >= 11 is 1.54. The Bertz CT molecular complexity index is 694. The highest BCUT2D eigenvalue weighted by molar-refractivity contribution is 7.12. The highest BCUT2D eigenvalue weighted by Gasteiger charge is 2.17. The maximum Gasteiger partial charge on any atom is 0.339 e. The van der Waals surface area contributed by atoms with Gasteiger partial charge >= 0.3 is 5.97 Å². The largest absolute Gasteiger partial charge is 0.452 e. The second kappa shape index (κ2) is 8.64. The molecule has 0 saturated carbocycles. The summed E-state index contributed by atoms with van der Waals surface area (Å²) in [5, 5.41) is 2.95. The molecule has 1 amide bonds. The molecule has 0 aliphatic heterocycles. The van der Waals surface area contributed by atoms with Crippen LogP contribution in [0.4, 0.5) is 0 Å². The molecule has 1 aromatic carbocycles. The molecule has 0 aliphatic rings. The third kappa shape index (κ3) is 4.93. The van der Waals surface area contributed by atoms with Gasteiger partial charge in [0.2, 0.25) is 0 Å². The summed E-state index contributed by atoms with van der Waals surface area (Å²) in [6, 6.07) is 11.6. The number of nitrogens with one attached hydrogen (secondary N) is 1. The molecule has 0 fully saturated rings. The van der Waals surface area contributed by atoms with Crippen molar-refractivity contribution in [1.82, 2.24) is 5.32 Å². The van der Waals surface area contributed by atoms with E-state index in [-0.39, 0.29) is 18.6 Å². The molecule has 0 saturated heterocycles. The Morgan fingerprint density at radius 1 is 1.21 bits per heavy atom. The second-order valence-corrected chi connectivity index (χ2v) is 7.18. The molecule has 4 nitrogen and oxygen atoms in total. The van der Waals surface area contributed by atoms with Crippen molar-refractivity contribution in [2.45, 2.75) is 39.7 Å². The van der Waals surface area contributed by atoms with E-state index in [1.807, 2.05) is 44.2 Å². The zero-order valence-electron chi connectivity index (χ0n) is 14.3.